The minimum absolute atomic E-state index is 0. The van der Waals surface area contributed by atoms with Gasteiger partial charge < -0.3 is 10.4 Å². The number of halogens is 4. The average Bonchev–Trinajstić information content (AvgIpc) is 2.39. The second-order valence-corrected chi connectivity index (χ2v) is 6.66. The van der Waals surface area contributed by atoms with Crippen LogP contribution in [0.1, 0.15) is 30.9 Å². The van der Waals surface area contributed by atoms with Gasteiger partial charge in [0.1, 0.15) is 0 Å². The van der Waals surface area contributed by atoms with Gasteiger partial charge in [-0.15, -0.1) is 24.8 Å². The van der Waals surface area contributed by atoms with Crippen LogP contribution in [-0.4, -0.2) is 36.2 Å². The second kappa shape index (κ2) is 8.69. The van der Waals surface area contributed by atoms with Crippen LogP contribution in [0.3, 0.4) is 0 Å². The number of hydrogen-bond donors (Lipinski definition) is 2. The van der Waals surface area contributed by atoms with Crippen molar-refractivity contribution in [3.05, 3.63) is 28.0 Å². The Labute approximate surface area is 151 Å². The molecular formula is C15H22BrCl2FN2O. The van der Waals surface area contributed by atoms with Crippen molar-refractivity contribution in [1.29, 1.82) is 0 Å². The Hall–Kier alpha value is -0.0700. The summed E-state index contributed by atoms with van der Waals surface area (Å²) in [5.41, 5.74) is 0.739. The standard InChI is InChI=1S/C15H20BrFN2O.2ClH/c16-11-8-12(15(20)13(17)9-11)14(10-2-1-3-10)19-6-4-18-5-7-19;;/h8-10,14,18,20H,1-7H2;2*1H/t14-;;/m1../s1. The zero-order chi connectivity index (χ0) is 14.1. The number of aromatic hydroxyl groups is 1. The van der Waals surface area contributed by atoms with Crippen molar-refractivity contribution in [3.8, 4) is 5.75 Å². The fourth-order valence-electron chi connectivity index (χ4n) is 3.28. The summed E-state index contributed by atoms with van der Waals surface area (Å²) in [6.45, 7) is 3.82. The quantitative estimate of drug-likeness (QED) is 0.786. The van der Waals surface area contributed by atoms with E-state index in [0.717, 1.165) is 31.7 Å². The predicted molar refractivity (Wildman–Crippen MR) is 94.8 cm³/mol. The molecule has 0 spiro atoms. The van der Waals surface area contributed by atoms with E-state index in [4.69, 9.17) is 0 Å². The number of nitrogens with one attached hydrogen (secondary N) is 1. The molecule has 0 amide bonds. The molecule has 0 radical (unpaired) electrons. The first-order chi connectivity index (χ1) is 9.66. The predicted octanol–water partition coefficient (Wildman–Crippen LogP) is 3.88. The van der Waals surface area contributed by atoms with Gasteiger partial charge in [-0.05, 0) is 30.9 Å². The van der Waals surface area contributed by atoms with Crippen LogP contribution in [0.2, 0.25) is 0 Å². The van der Waals surface area contributed by atoms with Crippen LogP contribution < -0.4 is 5.32 Å². The van der Waals surface area contributed by atoms with Crippen LogP contribution in [0, 0.1) is 11.7 Å². The Morgan fingerprint density at radius 1 is 1.23 bits per heavy atom. The highest BCUT2D eigenvalue weighted by atomic mass is 79.9. The molecule has 1 heterocycles. The van der Waals surface area contributed by atoms with Gasteiger partial charge in [0.2, 0.25) is 0 Å². The highest BCUT2D eigenvalue weighted by Gasteiger charge is 2.35. The number of nitrogens with zero attached hydrogens (tertiary/aromatic N) is 1. The highest BCUT2D eigenvalue weighted by molar-refractivity contribution is 9.10. The summed E-state index contributed by atoms with van der Waals surface area (Å²) in [6.07, 6.45) is 3.58. The summed E-state index contributed by atoms with van der Waals surface area (Å²) in [6, 6.07) is 3.34. The first kappa shape index (κ1) is 20.0. The third-order valence-corrected chi connectivity index (χ3v) is 4.98. The van der Waals surface area contributed by atoms with Crippen molar-refractivity contribution in [1.82, 2.24) is 10.2 Å². The first-order valence-corrected chi connectivity index (χ1v) is 8.09. The van der Waals surface area contributed by atoms with Gasteiger partial charge in [-0.3, -0.25) is 4.90 Å². The lowest BCUT2D eigenvalue weighted by Crippen LogP contribution is -2.47. The molecule has 0 unspecified atom stereocenters. The van der Waals surface area contributed by atoms with Gasteiger partial charge in [0.15, 0.2) is 11.6 Å². The number of hydrogen-bond acceptors (Lipinski definition) is 3. The molecule has 2 fully saturated rings. The van der Waals surface area contributed by atoms with E-state index in [-0.39, 0.29) is 36.6 Å². The van der Waals surface area contributed by atoms with Crippen molar-refractivity contribution in [2.75, 3.05) is 26.2 Å². The van der Waals surface area contributed by atoms with Crippen molar-refractivity contribution in [2.24, 2.45) is 5.92 Å². The fraction of sp³-hybridized carbons (Fsp3) is 0.600. The molecule has 3 nitrogen and oxygen atoms in total. The number of phenols is 1. The van der Waals surface area contributed by atoms with Crippen LogP contribution >= 0.6 is 40.7 Å². The number of piperazine rings is 1. The fourth-order valence-corrected chi connectivity index (χ4v) is 3.72. The molecule has 1 aliphatic heterocycles. The maximum absolute atomic E-state index is 13.8. The van der Waals surface area contributed by atoms with Crippen LogP contribution in [-0.2, 0) is 0 Å². The highest BCUT2D eigenvalue weighted by Crippen LogP contribution is 2.45. The van der Waals surface area contributed by atoms with E-state index in [1.807, 2.05) is 6.07 Å². The van der Waals surface area contributed by atoms with Crippen molar-refractivity contribution in [3.63, 3.8) is 0 Å². The summed E-state index contributed by atoms with van der Waals surface area (Å²) in [5, 5.41) is 13.5. The van der Waals surface area contributed by atoms with E-state index in [1.165, 1.54) is 25.3 Å². The summed E-state index contributed by atoms with van der Waals surface area (Å²) in [5.74, 6) is -0.176. The van der Waals surface area contributed by atoms with Gasteiger partial charge in [-0.25, -0.2) is 4.39 Å². The topological polar surface area (TPSA) is 35.5 Å². The molecule has 1 aromatic carbocycles. The SMILES string of the molecule is Cl.Cl.Oc1c(F)cc(Br)cc1[C@@H](C1CCC1)N1CCNCC1. The minimum Gasteiger partial charge on any atom is -0.505 e. The molecule has 0 aromatic heterocycles. The molecule has 1 atom stereocenters. The van der Waals surface area contributed by atoms with Gasteiger partial charge in [-0.2, -0.15) is 0 Å². The van der Waals surface area contributed by atoms with E-state index >= 15 is 0 Å². The van der Waals surface area contributed by atoms with Gasteiger partial charge in [0.05, 0.1) is 0 Å². The summed E-state index contributed by atoms with van der Waals surface area (Å²) in [4.78, 5) is 2.39. The molecule has 1 saturated carbocycles. The van der Waals surface area contributed by atoms with Gasteiger partial charge in [-0.1, -0.05) is 22.4 Å². The Morgan fingerprint density at radius 2 is 1.86 bits per heavy atom. The maximum Gasteiger partial charge on any atom is 0.166 e. The monoisotopic (exact) mass is 414 g/mol. The third kappa shape index (κ3) is 4.06. The molecule has 2 N–H and O–H groups in total. The van der Waals surface area contributed by atoms with Gasteiger partial charge in [0, 0.05) is 42.3 Å². The van der Waals surface area contributed by atoms with Crippen molar-refractivity contribution < 1.29 is 9.50 Å². The van der Waals surface area contributed by atoms with Crippen LogP contribution in [0.4, 0.5) is 4.39 Å². The second-order valence-electron chi connectivity index (χ2n) is 5.75. The Bertz CT molecular complexity index is 497. The third-order valence-electron chi connectivity index (χ3n) is 4.52. The van der Waals surface area contributed by atoms with Gasteiger partial charge >= 0.3 is 0 Å². The summed E-state index contributed by atoms with van der Waals surface area (Å²) < 4.78 is 14.5. The molecule has 3 rings (SSSR count). The molecule has 2 aliphatic rings. The first-order valence-electron chi connectivity index (χ1n) is 7.29. The van der Waals surface area contributed by atoms with Crippen LogP contribution in [0.5, 0.6) is 5.75 Å². The molecule has 126 valence electrons. The molecular weight excluding hydrogens is 394 g/mol. The van der Waals surface area contributed by atoms with E-state index in [1.54, 1.807) is 0 Å². The molecule has 1 aromatic rings. The van der Waals surface area contributed by atoms with E-state index in [9.17, 15) is 9.50 Å². The lowest BCUT2D eigenvalue weighted by molar-refractivity contribution is 0.0815. The zero-order valence-corrected chi connectivity index (χ0v) is 15.4. The number of benzene rings is 1. The van der Waals surface area contributed by atoms with E-state index < -0.39 is 5.82 Å². The number of rotatable bonds is 3. The smallest absolute Gasteiger partial charge is 0.166 e. The molecule has 1 aliphatic carbocycles. The lowest BCUT2D eigenvalue weighted by atomic mass is 9.76. The Balaban J connectivity index is 0.00000121. The molecule has 22 heavy (non-hydrogen) atoms. The lowest BCUT2D eigenvalue weighted by Gasteiger charge is -2.43. The van der Waals surface area contributed by atoms with Crippen molar-refractivity contribution >= 4 is 40.7 Å². The van der Waals surface area contributed by atoms with E-state index in [0.29, 0.717) is 10.4 Å². The average molecular weight is 416 g/mol. The number of phenolic OH excluding ortho intramolecular Hbond substituents is 1. The molecule has 1 saturated heterocycles. The van der Waals surface area contributed by atoms with Gasteiger partial charge in [0.25, 0.3) is 0 Å². The molecule has 7 heteroatoms. The largest absolute Gasteiger partial charge is 0.505 e. The van der Waals surface area contributed by atoms with Crippen molar-refractivity contribution in [2.45, 2.75) is 25.3 Å². The van der Waals surface area contributed by atoms with Crippen LogP contribution in [0.25, 0.3) is 0 Å². The normalized spacial score (nSPS) is 20.5. The minimum atomic E-state index is -0.533. The summed E-state index contributed by atoms with van der Waals surface area (Å²) >= 11 is 3.35. The summed E-state index contributed by atoms with van der Waals surface area (Å²) in [7, 11) is 0. The molecule has 0 bridgehead atoms. The van der Waals surface area contributed by atoms with Crippen LogP contribution in [0.15, 0.2) is 16.6 Å². The van der Waals surface area contributed by atoms with E-state index in [2.05, 4.69) is 26.1 Å². The maximum atomic E-state index is 13.8. The Kier molecular flexibility index (Phi) is 7.89. The zero-order valence-electron chi connectivity index (χ0n) is 12.2. The Morgan fingerprint density at radius 3 is 2.41 bits per heavy atom.